The minimum atomic E-state index is -0.348. The van der Waals surface area contributed by atoms with E-state index in [4.69, 9.17) is 11.6 Å². The van der Waals surface area contributed by atoms with Gasteiger partial charge >= 0.3 is 0 Å². The van der Waals surface area contributed by atoms with Crippen LogP contribution < -0.4 is 5.32 Å². The summed E-state index contributed by atoms with van der Waals surface area (Å²) in [6.45, 7) is 0. The molecule has 2 rings (SSSR count). The fraction of sp³-hybridized carbons (Fsp3) is 0.111. The van der Waals surface area contributed by atoms with E-state index in [9.17, 15) is 5.21 Å². The van der Waals surface area contributed by atoms with E-state index in [0.717, 1.165) is 10.3 Å². The van der Waals surface area contributed by atoms with Crippen LogP contribution in [0.4, 0.5) is 0 Å². The van der Waals surface area contributed by atoms with Gasteiger partial charge in [0, 0.05) is 5.02 Å². The average molecular weight is 243 g/mol. The summed E-state index contributed by atoms with van der Waals surface area (Å²) >= 11 is 9.91. The Morgan fingerprint density at radius 2 is 2.07 bits per heavy atom. The predicted octanol–water partition coefficient (Wildman–Crippen LogP) is 1.33. The predicted molar refractivity (Wildman–Crippen MR) is 62.0 cm³/mol. The van der Waals surface area contributed by atoms with Crippen molar-refractivity contribution in [1.82, 2.24) is 5.32 Å². The van der Waals surface area contributed by atoms with E-state index in [-0.39, 0.29) is 5.50 Å². The molecule has 0 aliphatic carbocycles. The van der Waals surface area contributed by atoms with Gasteiger partial charge in [0.1, 0.15) is 0 Å². The maximum atomic E-state index is 9.53. The van der Waals surface area contributed by atoms with Gasteiger partial charge in [-0.2, -0.15) is 0 Å². The summed E-state index contributed by atoms with van der Waals surface area (Å²) in [5.41, 5.74) is 0.464. The van der Waals surface area contributed by atoms with Gasteiger partial charge in [-0.15, -0.1) is 0 Å². The molecule has 0 radical (unpaired) electrons. The Morgan fingerprint density at radius 1 is 1.40 bits per heavy atom. The number of thiol groups is 1. The molecular formula is C9H9ClN3OS+. The van der Waals surface area contributed by atoms with Crippen molar-refractivity contribution in [3.8, 4) is 0 Å². The lowest BCUT2D eigenvalue weighted by Crippen LogP contribution is -2.40. The van der Waals surface area contributed by atoms with Crippen LogP contribution in [0.15, 0.2) is 29.3 Å². The maximum absolute atomic E-state index is 9.53. The standard InChI is InChI=1S/C9H8ClN3OS/c10-7-3-1-6(2-4-7)8-12-9(15)11-5-13(8)14/h1-5,9,14-15H/p+1. The quantitative estimate of drug-likeness (QED) is 0.395. The van der Waals surface area contributed by atoms with Crippen molar-refractivity contribution in [1.29, 1.82) is 0 Å². The maximum Gasteiger partial charge on any atom is 0.270 e. The minimum absolute atomic E-state index is 0.348. The molecule has 78 valence electrons. The molecule has 0 amide bonds. The SMILES string of the molecule is O[N+]1=C(c2ccc(Cl)cc2)NC(S)N=C1. The van der Waals surface area contributed by atoms with Crippen molar-refractivity contribution in [3.63, 3.8) is 0 Å². The zero-order valence-electron chi connectivity index (χ0n) is 7.63. The number of hydrogen-bond acceptors (Lipinski definition) is 4. The van der Waals surface area contributed by atoms with Gasteiger partial charge in [-0.05, 0) is 24.3 Å². The molecule has 0 fully saturated rings. The molecular weight excluding hydrogens is 234 g/mol. The molecule has 6 heteroatoms. The highest BCUT2D eigenvalue weighted by Gasteiger charge is 2.21. The molecule has 0 saturated carbocycles. The molecule has 15 heavy (non-hydrogen) atoms. The fourth-order valence-electron chi connectivity index (χ4n) is 1.23. The second-order valence-corrected chi connectivity index (χ2v) is 3.91. The number of nitrogens with zero attached hydrogens (tertiary/aromatic N) is 2. The van der Waals surface area contributed by atoms with Crippen molar-refractivity contribution in [2.24, 2.45) is 4.99 Å². The highest BCUT2D eigenvalue weighted by atomic mass is 35.5. The Bertz CT molecular complexity index is 429. The number of nitrogens with one attached hydrogen (secondary N) is 1. The molecule has 1 aromatic rings. The molecule has 1 aliphatic rings. The molecule has 1 heterocycles. The van der Waals surface area contributed by atoms with Gasteiger partial charge in [0.2, 0.25) is 0 Å². The smallest absolute Gasteiger partial charge is 0.270 e. The first-order chi connectivity index (χ1) is 7.16. The zero-order chi connectivity index (χ0) is 10.8. The van der Waals surface area contributed by atoms with E-state index in [0.29, 0.717) is 10.9 Å². The summed E-state index contributed by atoms with van der Waals surface area (Å²) in [4.78, 5) is 3.86. The Kier molecular flexibility index (Phi) is 2.83. The Morgan fingerprint density at radius 3 is 2.73 bits per heavy atom. The number of amidine groups is 1. The second kappa shape index (κ2) is 4.12. The van der Waals surface area contributed by atoms with Crippen LogP contribution in [-0.4, -0.2) is 27.6 Å². The molecule has 0 bridgehead atoms. The van der Waals surface area contributed by atoms with Gasteiger partial charge < -0.3 is 5.21 Å². The molecule has 4 nitrogen and oxygen atoms in total. The Labute approximate surface area is 97.3 Å². The summed E-state index contributed by atoms with van der Waals surface area (Å²) in [7, 11) is 0. The highest BCUT2D eigenvalue weighted by molar-refractivity contribution is 7.80. The van der Waals surface area contributed by atoms with Crippen LogP contribution in [0.5, 0.6) is 0 Å². The third kappa shape index (κ3) is 2.24. The van der Waals surface area contributed by atoms with Crippen molar-refractivity contribution in [3.05, 3.63) is 34.9 Å². The lowest BCUT2D eigenvalue weighted by Gasteiger charge is -2.11. The molecule has 1 unspecified atom stereocenters. The Balaban J connectivity index is 2.38. The van der Waals surface area contributed by atoms with E-state index in [1.165, 1.54) is 6.34 Å². The van der Waals surface area contributed by atoms with E-state index >= 15 is 0 Å². The van der Waals surface area contributed by atoms with Gasteiger partial charge in [-0.25, -0.2) is 0 Å². The number of aliphatic imine (C=N–C) groups is 1. The second-order valence-electron chi connectivity index (χ2n) is 2.98. The summed E-state index contributed by atoms with van der Waals surface area (Å²) in [5, 5.41) is 13.1. The molecule has 1 atom stereocenters. The molecule has 0 spiro atoms. The van der Waals surface area contributed by atoms with Gasteiger partial charge in [0.25, 0.3) is 17.7 Å². The van der Waals surface area contributed by atoms with Crippen LogP contribution in [0.2, 0.25) is 5.02 Å². The van der Waals surface area contributed by atoms with Crippen LogP contribution in [0.25, 0.3) is 0 Å². The number of hydrogen-bond donors (Lipinski definition) is 3. The lowest BCUT2D eigenvalue weighted by molar-refractivity contribution is -0.684. The monoisotopic (exact) mass is 242 g/mol. The molecule has 0 saturated heterocycles. The van der Waals surface area contributed by atoms with Crippen LogP contribution in [0, 0.1) is 0 Å². The van der Waals surface area contributed by atoms with Crippen molar-refractivity contribution in [2.45, 2.75) is 5.50 Å². The van der Waals surface area contributed by atoms with Crippen molar-refractivity contribution in [2.75, 3.05) is 0 Å². The van der Waals surface area contributed by atoms with Crippen LogP contribution in [-0.2, 0) is 0 Å². The van der Waals surface area contributed by atoms with Crippen molar-refractivity contribution < 1.29 is 9.95 Å². The van der Waals surface area contributed by atoms with Gasteiger partial charge in [0.15, 0.2) is 0 Å². The van der Waals surface area contributed by atoms with Gasteiger partial charge in [-0.3, -0.25) is 5.32 Å². The minimum Gasteiger partial charge on any atom is -0.371 e. The number of benzene rings is 1. The highest BCUT2D eigenvalue weighted by Crippen LogP contribution is 2.11. The summed E-state index contributed by atoms with van der Waals surface area (Å²) in [5.74, 6) is 0.529. The van der Waals surface area contributed by atoms with E-state index in [1.807, 2.05) is 0 Å². The normalized spacial score (nSPS) is 20.3. The summed E-state index contributed by atoms with van der Waals surface area (Å²) < 4.78 is 0.913. The first-order valence-corrected chi connectivity index (χ1v) is 5.15. The van der Waals surface area contributed by atoms with E-state index < -0.39 is 0 Å². The van der Waals surface area contributed by atoms with Gasteiger partial charge in [-0.1, -0.05) is 34.0 Å². The third-order valence-electron chi connectivity index (χ3n) is 1.93. The average Bonchev–Trinajstić information content (AvgIpc) is 2.23. The topological polar surface area (TPSA) is 47.6 Å². The van der Waals surface area contributed by atoms with E-state index in [2.05, 4.69) is 22.9 Å². The fourth-order valence-corrected chi connectivity index (χ4v) is 1.54. The molecule has 1 aromatic carbocycles. The van der Waals surface area contributed by atoms with Gasteiger partial charge in [0.05, 0.1) is 5.56 Å². The largest absolute Gasteiger partial charge is 0.371 e. The van der Waals surface area contributed by atoms with Crippen molar-refractivity contribution >= 4 is 36.4 Å². The molecule has 0 aromatic heterocycles. The van der Waals surface area contributed by atoms with Crippen LogP contribution in [0.3, 0.4) is 0 Å². The summed E-state index contributed by atoms with van der Waals surface area (Å²) in [6.07, 6.45) is 1.30. The first-order valence-electron chi connectivity index (χ1n) is 4.26. The first kappa shape index (κ1) is 10.3. The number of halogens is 1. The van der Waals surface area contributed by atoms with E-state index in [1.54, 1.807) is 24.3 Å². The van der Waals surface area contributed by atoms with Crippen LogP contribution >= 0.6 is 24.2 Å². The Hall–Kier alpha value is -1.20. The summed E-state index contributed by atoms with van der Waals surface area (Å²) in [6, 6.07) is 7.10. The molecule has 1 aliphatic heterocycles. The number of hydroxylamine groups is 1. The number of rotatable bonds is 1. The third-order valence-corrected chi connectivity index (χ3v) is 2.44. The molecule has 2 N–H and O–H groups in total. The van der Waals surface area contributed by atoms with Crippen LogP contribution in [0.1, 0.15) is 5.56 Å². The lowest BCUT2D eigenvalue weighted by atomic mass is 10.2. The zero-order valence-corrected chi connectivity index (χ0v) is 9.28.